The van der Waals surface area contributed by atoms with Gasteiger partial charge in [0.2, 0.25) is 0 Å². The number of hydrogen-bond acceptors (Lipinski definition) is 0. The van der Waals surface area contributed by atoms with Crippen LogP contribution >= 0.6 is 32.5 Å². The van der Waals surface area contributed by atoms with Crippen molar-refractivity contribution in [2.24, 2.45) is 0 Å². The lowest BCUT2D eigenvalue weighted by Crippen LogP contribution is -2.41. The van der Waals surface area contributed by atoms with Gasteiger partial charge in [0, 0.05) is 0 Å². The maximum Gasteiger partial charge on any atom is 0.0710 e. The fourth-order valence-corrected chi connectivity index (χ4v) is 32.0. The molecule has 0 aliphatic heterocycles. The summed E-state index contributed by atoms with van der Waals surface area (Å²) in [5.74, 6) is 0. The number of hydrogen-bond donors (Lipinski definition) is 0. The molecule has 0 heterocycles. The Kier molecular flexibility index (Phi) is 14.9. The molecule has 0 aliphatic carbocycles. The van der Waals surface area contributed by atoms with Crippen molar-refractivity contribution in [3.8, 4) is 0 Å². The van der Waals surface area contributed by atoms with Crippen molar-refractivity contribution >= 4 is 71.6 Å². The molecule has 0 fully saturated rings. The summed E-state index contributed by atoms with van der Waals surface area (Å²) in [6, 6.07) is 13.4. The largest absolute Gasteiger partial charge is 0.137 e. The normalized spacial score (nSPS) is 17.8. The highest BCUT2D eigenvalue weighted by Gasteiger charge is 2.39. The van der Waals surface area contributed by atoms with Crippen molar-refractivity contribution < 1.29 is 0 Å². The van der Waals surface area contributed by atoms with E-state index in [0.717, 1.165) is 0 Å². The molecule has 0 aromatic rings. The van der Waals surface area contributed by atoms with Gasteiger partial charge in [-0.3, -0.25) is 0 Å². The van der Waals surface area contributed by atoms with Crippen molar-refractivity contribution in [2.45, 2.75) is 101 Å². The van der Waals surface area contributed by atoms with E-state index in [4.69, 9.17) is 0 Å². The molecule has 176 valence electrons. The van der Waals surface area contributed by atoms with E-state index in [1.54, 1.807) is 48.4 Å². The van der Waals surface area contributed by atoms with E-state index in [0.29, 0.717) is 0 Å². The molecular weight excluding hydrogens is 505 g/mol. The Morgan fingerprint density at radius 1 is 0.345 bits per heavy atom. The summed E-state index contributed by atoms with van der Waals surface area (Å²) >= 11 is 0. The Morgan fingerprint density at radius 2 is 0.517 bits per heavy atom. The second-order valence-corrected chi connectivity index (χ2v) is 58.3. The van der Waals surface area contributed by atoms with Gasteiger partial charge < -0.3 is 0 Å². The third kappa shape index (κ3) is 13.9. The summed E-state index contributed by atoms with van der Waals surface area (Å²) in [6.45, 7) is 31.5. The average Bonchev–Trinajstić information content (AvgIpc) is 2.67. The van der Waals surface area contributed by atoms with Crippen LogP contribution in [0.5, 0.6) is 0 Å². The molecule has 4 atom stereocenters. The quantitative estimate of drug-likeness (QED) is 0.130. The lowest BCUT2D eigenvalue weighted by molar-refractivity contribution is 1.08. The molecule has 0 N–H and O–H groups in total. The minimum atomic E-state index is -1.14. The summed E-state index contributed by atoms with van der Waals surface area (Å²) in [5, 5.41) is 0. The van der Waals surface area contributed by atoms with Gasteiger partial charge in [0.05, 0.1) is 39.0 Å². The van der Waals surface area contributed by atoms with E-state index in [2.05, 4.69) is 79.0 Å². The van der Waals surface area contributed by atoms with Crippen molar-refractivity contribution in [2.75, 3.05) is 26.7 Å². The zero-order valence-corrected chi connectivity index (χ0v) is 31.2. The Balaban J connectivity index is 5.72. The molecule has 0 aliphatic rings. The van der Waals surface area contributed by atoms with E-state index < -0.39 is 39.0 Å². The van der Waals surface area contributed by atoms with Crippen LogP contribution in [0.15, 0.2) is 0 Å². The third-order valence-electron chi connectivity index (χ3n) is 7.83. The van der Waals surface area contributed by atoms with Gasteiger partial charge in [0.25, 0.3) is 0 Å². The van der Waals surface area contributed by atoms with Crippen LogP contribution in [0, 0.1) is 0 Å². The van der Waals surface area contributed by atoms with Gasteiger partial charge in [-0.2, -0.15) is 0 Å². The first-order valence-corrected chi connectivity index (χ1v) is 37.5. The van der Waals surface area contributed by atoms with Crippen LogP contribution in [0.1, 0.15) is 0 Å². The van der Waals surface area contributed by atoms with Gasteiger partial charge in [-0.25, -0.2) is 0 Å². The molecule has 0 saturated carbocycles. The Labute approximate surface area is 198 Å². The minimum Gasteiger partial charge on any atom is -0.137 e. The zero-order chi connectivity index (χ0) is 23.0. The van der Waals surface area contributed by atoms with Crippen molar-refractivity contribution in [3.63, 3.8) is 0 Å². The van der Waals surface area contributed by atoms with Crippen LogP contribution in [0.4, 0.5) is 0 Å². The summed E-state index contributed by atoms with van der Waals surface area (Å²) in [4.78, 5) is 0. The second kappa shape index (κ2) is 13.6. The van der Waals surface area contributed by atoms with Crippen LogP contribution in [0.2, 0.25) is 101 Å². The molecule has 0 nitrogen and oxygen atoms in total. The molecule has 9 heteroatoms. The molecule has 29 heavy (non-hydrogen) atoms. The molecule has 0 spiro atoms. The summed E-state index contributed by atoms with van der Waals surface area (Å²) < 4.78 is 0. The highest BCUT2D eigenvalue weighted by molar-refractivity contribution is 7.82. The van der Waals surface area contributed by atoms with E-state index in [1.165, 1.54) is 32.5 Å². The Morgan fingerprint density at radius 3 is 0.655 bits per heavy atom. The monoisotopic (exact) mass is 560 g/mol. The van der Waals surface area contributed by atoms with E-state index in [9.17, 15) is 0 Å². The SMILES string of the molecule is CP[Si](C)(C)CC[Si](CC[Si](C)(C)PC)(CC[Si](C)(C)PC)CC[Si](C)(C)PC. The van der Waals surface area contributed by atoms with Crippen molar-refractivity contribution in [1.29, 1.82) is 0 Å². The Hall–Kier alpha value is 2.80. The first-order valence-electron chi connectivity index (χ1n) is 11.8. The molecule has 0 aromatic carbocycles. The van der Waals surface area contributed by atoms with Gasteiger partial charge in [0.1, 0.15) is 0 Å². The van der Waals surface area contributed by atoms with E-state index in [1.807, 2.05) is 0 Å². The molecule has 4 unspecified atom stereocenters. The number of rotatable bonds is 16. The van der Waals surface area contributed by atoms with Crippen LogP contribution in [-0.2, 0) is 0 Å². The van der Waals surface area contributed by atoms with E-state index >= 15 is 0 Å². The molecule has 0 bridgehead atoms. The molecule has 0 aromatic heterocycles. The zero-order valence-electron chi connectivity index (χ0n) is 22.2. The van der Waals surface area contributed by atoms with Crippen molar-refractivity contribution in [3.05, 3.63) is 0 Å². The van der Waals surface area contributed by atoms with Crippen LogP contribution in [-0.4, -0.2) is 65.7 Å². The van der Waals surface area contributed by atoms with Gasteiger partial charge >= 0.3 is 0 Å². The fraction of sp³-hybridized carbons (Fsp3) is 1.00. The standard InChI is InChI=1S/C20H56P4Si5/c1-21-25(5,6)13-17-29(18-14-26(7,8)22-2,19-15-27(9,10)23-3)20-16-28(11,12)24-4/h21-24H,13-20H2,1-12H3. The summed E-state index contributed by atoms with van der Waals surface area (Å²) in [5.41, 5.74) is 0. The predicted molar refractivity (Wildman–Crippen MR) is 171 cm³/mol. The highest BCUT2D eigenvalue weighted by Crippen LogP contribution is 2.45. The summed E-state index contributed by atoms with van der Waals surface area (Å²) in [7, 11) is 0.0581. The smallest absolute Gasteiger partial charge is 0.0710 e. The van der Waals surface area contributed by atoms with Gasteiger partial charge in [-0.05, 0) is 0 Å². The molecule has 0 radical (unpaired) electrons. The van der Waals surface area contributed by atoms with Crippen LogP contribution in [0.25, 0.3) is 0 Å². The minimum absolute atomic E-state index is 0.935. The predicted octanol–water partition coefficient (Wildman–Crippen LogP) is 9.49. The fourth-order valence-electron chi connectivity index (χ4n) is 3.56. The maximum absolute atomic E-state index is 2.69. The lowest BCUT2D eigenvalue weighted by atomic mass is 10.9. The van der Waals surface area contributed by atoms with Gasteiger partial charge in [0.15, 0.2) is 0 Å². The molecular formula is C20H56P4Si5. The Bertz CT molecular complexity index is 384. The maximum atomic E-state index is 2.69. The first kappa shape index (κ1) is 31.8. The molecule has 0 rings (SSSR count). The second-order valence-electron chi connectivity index (χ2n) is 12.0. The highest BCUT2D eigenvalue weighted by atomic mass is 31.4. The topological polar surface area (TPSA) is 0 Å². The van der Waals surface area contributed by atoms with Gasteiger partial charge in [-0.1, -0.05) is 127 Å². The third-order valence-corrected chi connectivity index (χ3v) is 45.7. The first-order chi connectivity index (χ1) is 13.1. The lowest BCUT2D eigenvalue weighted by Gasteiger charge is -2.40. The molecule has 0 saturated heterocycles. The van der Waals surface area contributed by atoms with Crippen LogP contribution in [0.3, 0.4) is 0 Å². The van der Waals surface area contributed by atoms with Crippen LogP contribution < -0.4 is 0 Å². The summed E-state index contributed by atoms with van der Waals surface area (Å²) in [6.07, 6.45) is 0. The van der Waals surface area contributed by atoms with E-state index in [-0.39, 0.29) is 0 Å². The van der Waals surface area contributed by atoms with Crippen molar-refractivity contribution in [1.82, 2.24) is 0 Å². The van der Waals surface area contributed by atoms with Gasteiger partial charge in [-0.15, -0.1) is 32.5 Å². The average molecular weight is 561 g/mol. The molecule has 0 amide bonds.